The van der Waals surface area contributed by atoms with Crippen LogP contribution in [-0.4, -0.2) is 36.9 Å². The summed E-state index contributed by atoms with van der Waals surface area (Å²) >= 11 is 4.63. The van der Waals surface area contributed by atoms with Crippen molar-refractivity contribution >= 4 is 44.8 Å². The molecule has 28 heavy (non-hydrogen) atoms. The number of H-pyrrole nitrogens is 1. The highest BCUT2D eigenvalue weighted by Gasteiger charge is 2.23. The molecule has 2 heterocycles. The van der Waals surface area contributed by atoms with E-state index in [1.54, 1.807) is 25.5 Å². The summed E-state index contributed by atoms with van der Waals surface area (Å²) in [7, 11) is 1.54. The van der Waals surface area contributed by atoms with Crippen molar-refractivity contribution in [2.45, 2.75) is 30.8 Å². The molecule has 0 radical (unpaired) electrons. The van der Waals surface area contributed by atoms with E-state index in [1.807, 2.05) is 24.3 Å². The number of halogens is 1. The maximum absolute atomic E-state index is 12.5. The van der Waals surface area contributed by atoms with Crippen molar-refractivity contribution in [3.63, 3.8) is 0 Å². The second-order valence-electron chi connectivity index (χ2n) is 6.11. The summed E-state index contributed by atoms with van der Waals surface area (Å²) in [6.07, 6.45) is 0. The first kappa shape index (κ1) is 20.4. The number of fused-ring (bicyclic) bond motifs is 1. The van der Waals surface area contributed by atoms with Crippen molar-refractivity contribution in [2.24, 2.45) is 7.05 Å². The van der Waals surface area contributed by atoms with E-state index in [0.717, 1.165) is 10.0 Å². The topological polar surface area (TPSA) is 99.0 Å². The molecule has 1 atom stereocenters. The molecule has 0 aliphatic heterocycles. The van der Waals surface area contributed by atoms with Crippen LogP contribution in [0.25, 0.3) is 11.2 Å². The minimum atomic E-state index is -0.542. The number of hydrogen-bond acceptors (Lipinski definition) is 6. The lowest BCUT2D eigenvalue weighted by Gasteiger charge is -2.12. The van der Waals surface area contributed by atoms with Crippen LogP contribution < -0.4 is 11.2 Å². The lowest BCUT2D eigenvalue weighted by atomic mass is 10.2. The van der Waals surface area contributed by atoms with Gasteiger partial charge in [-0.25, -0.2) is 9.78 Å². The van der Waals surface area contributed by atoms with E-state index >= 15 is 0 Å². The number of ether oxygens (including phenoxy) is 1. The van der Waals surface area contributed by atoms with Crippen LogP contribution in [0.3, 0.4) is 0 Å². The van der Waals surface area contributed by atoms with Gasteiger partial charge in [0, 0.05) is 11.5 Å². The maximum Gasteiger partial charge on any atom is 0.329 e. The number of thioether (sulfide) groups is 1. The Morgan fingerprint density at radius 3 is 2.82 bits per heavy atom. The van der Waals surface area contributed by atoms with E-state index < -0.39 is 16.5 Å². The van der Waals surface area contributed by atoms with Crippen LogP contribution >= 0.6 is 27.7 Å². The van der Waals surface area contributed by atoms with Crippen molar-refractivity contribution in [1.29, 1.82) is 0 Å². The monoisotopic (exact) mass is 466 g/mol. The molecule has 0 saturated carbocycles. The number of nitrogens with one attached hydrogen (secondary N) is 1. The molecule has 1 aromatic carbocycles. The summed E-state index contributed by atoms with van der Waals surface area (Å²) in [4.78, 5) is 43.3. The lowest BCUT2D eigenvalue weighted by molar-refractivity contribution is -0.142. The Bertz CT molecular complexity index is 1150. The lowest BCUT2D eigenvalue weighted by Crippen LogP contribution is -2.29. The maximum atomic E-state index is 12.5. The zero-order valence-electron chi connectivity index (χ0n) is 15.6. The number of aryl methyl sites for hydroxylation is 1. The zero-order chi connectivity index (χ0) is 20.4. The van der Waals surface area contributed by atoms with E-state index in [9.17, 15) is 14.4 Å². The van der Waals surface area contributed by atoms with Gasteiger partial charge in [0.05, 0.1) is 13.2 Å². The van der Waals surface area contributed by atoms with Crippen LogP contribution in [0, 0.1) is 0 Å². The minimum Gasteiger partial charge on any atom is -0.465 e. The number of esters is 1. The molecule has 0 aliphatic rings. The number of hydrogen-bond donors (Lipinski definition) is 1. The highest BCUT2D eigenvalue weighted by Crippen LogP contribution is 2.27. The number of carbonyl (C=O) groups is 1. The number of aromatic nitrogens is 4. The summed E-state index contributed by atoms with van der Waals surface area (Å²) in [6, 6.07) is 7.66. The molecule has 0 saturated heterocycles. The van der Waals surface area contributed by atoms with Crippen molar-refractivity contribution in [1.82, 2.24) is 19.1 Å². The second kappa shape index (κ2) is 8.36. The number of rotatable bonds is 6. The molecule has 10 heteroatoms. The van der Waals surface area contributed by atoms with Gasteiger partial charge in [0.15, 0.2) is 16.3 Å². The quantitative estimate of drug-likeness (QED) is 0.441. The summed E-state index contributed by atoms with van der Waals surface area (Å²) in [5, 5.41) is -0.0589. The fourth-order valence-electron chi connectivity index (χ4n) is 2.73. The van der Waals surface area contributed by atoms with E-state index in [4.69, 9.17) is 4.74 Å². The number of imidazole rings is 1. The fourth-order valence-corrected chi connectivity index (χ4v) is 4.08. The molecule has 148 valence electrons. The van der Waals surface area contributed by atoms with E-state index in [0.29, 0.717) is 11.7 Å². The van der Waals surface area contributed by atoms with Gasteiger partial charge in [0.25, 0.3) is 5.56 Å². The van der Waals surface area contributed by atoms with Crippen LogP contribution in [0.5, 0.6) is 0 Å². The van der Waals surface area contributed by atoms with Crippen LogP contribution in [0.15, 0.2) is 43.5 Å². The van der Waals surface area contributed by atoms with Gasteiger partial charge in [0.2, 0.25) is 0 Å². The van der Waals surface area contributed by atoms with Gasteiger partial charge in [-0.1, -0.05) is 39.8 Å². The van der Waals surface area contributed by atoms with Crippen molar-refractivity contribution < 1.29 is 9.53 Å². The standard InChI is InChI=1S/C18H19BrN4O4S/c1-4-27-16(25)10(2)28-18-20-14-13(15(24)21-17(26)22(14)3)23(18)9-11-6-5-7-12(19)8-11/h5-8,10H,4,9H2,1-3H3,(H,21,24,26)/t10-/m1/s1. The zero-order valence-corrected chi connectivity index (χ0v) is 18.0. The van der Waals surface area contributed by atoms with Gasteiger partial charge in [-0.15, -0.1) is 0 Å². The first-order valence-electron chi connectivity index (χ1n) is 8.59. The third-order valence-corrected chi connectivity index (χ3v) is 5.66. The van der Waals surface area contributed by atoms with Gasteiger partial charge in [0.1, 0.15) is 5.25 Å². The predicted octanol–water partition coefficient (Wildman–Crippen LogP) is 2.28. The van der Waals surface area contributed by atoms with Crippen LogP contribution in [0.4, 0.5) is 0 Å². The average molecular weight is 467 g/mol. The van der Waals surface area contributed by atoms with E-state index in [1.165, 1.54) is 16.3 Å². The third kappa shape index (κ3) is 4.07. The molecule has 0 fully saturated rings. The molecule has 2 aromatic heterocycles. The van der Waals surface area contributed by atoms with Gasteiger partial charge < -0.3 is 9.30 Å². The van der Waals surface area contributed by atoms with Crippen LogP contribution in [0.2, 0.25) is 0 Å². The first-order valence-corrected chi connectivity index (χ1v) is 10.3. The molecule has 3 rings (SSSR count). The average Bonchev–Trinajstić information content (AvgIpc) is 2.98. The molecule has 8 nitrogen and oxygen atoms in total. The highest BCUT2D eigenvalue weighted by atomic mass is 79.9. The largest absolute Gasteiger partial charge is 0.465 e. The first-order chi connectivity index (χ1) is 13.3. The Kier molecular flexibility index (Phi) is 6.09. The Morgan fingerprint density at radius 1 is 1.39 bits per heavy atom. The number of carbonyl (C=O) groups excluding carboxylic acids is 1. The molecule has 1 N–H and O–H groups in total. The summed E-state index contributed by atoms with van der Waals surface area (Å²) in [5.41, 5.74) is 0.423. The molecule has 3 aromatic rings. The van der Waals surface area contributed by atoms with Gasteiger partial charge in [-0.2, -0.15) is 0 Å². The summed E-state index contributed by atoms with van der Waals surface area (Å²) in [6.45, 7) is 4.10. The number of benzene rings is 1. The molecular formula is C18H19BrN4O4S. The van der Waals surface area contributed by atoms with Gasteiger partial charge in [-0.3, -0.25) is 19.1 Å². The Hall–Kier alpha value is -2.33. The van der Waals surface area contributed by atoms with E-state index in [2.05, 4.69) is 25.9 Å². The van der Waals surface area contributed by atoms with Crippen LogP contribution in [0.1, 0.15) is 19.4 Å². The molecule has 0 unspecified atom stereocenters. The van der Waals surface area contributed by atoms with Crippen molar-refractivity contribution in [3.05, 3.63) is 55.1 Å². The Balaban J connectivity index is 2.14. The second-order valence-corrected chi connectivity index (χ2v) is 8.34. The summed E-state index contributed by atoms with van der Waals surface area (Å²) in [5.74, 6) is -0.364. The summed E-state index contributed by atoms with van der Waals surface area (Å²) < 4.78 is 8.97. The van der Waals surface area contributed by atoms with E-state index in [-0.39, 0.29) is 23.7 Å². The minimum absolute atomic E-state index is 0.266. The smallest absolute Gasteiger partial charge is 0.329 e. The third-order valence-electron chi connectivity index (χ3n) is 4.10. The SMILES string of the molecule is CCOC(=O)[C@@H](C)Sc1nc2c(c(=O)[nH]c(=O)n2C)n1Cc1cccc(Br)c1. The molecule has 0 bridgehead atoms. The molecule has 0 spiro atoms. The van der Waals surface area contributed by atoms with Crippen molar-refractivity contribution in [3.8, 4) is 0 Å². The Labute approximate surface area is 173 Å². The molecule has 0 amide bonds. The highest BCUT2D eigenvalue weighted by molar-refractivity contribution is 9.10. The number of aromatic amines is 1. The molecule has 0 aliphatic carbocycles. The Morgan fingerprint density at radius 2 is 2.14 bits per heavy atom. The molecular weight excluding hydrogens is 448 g/mol. The number of nitrogens with zero attached hydrogens (tertiary/aromatic N) is 3. The van der Waals surface area contributed by atoms with Crippen molar-refractivity contribution in [2.75, 3.05) is 6.61 Å². The fraction of sp³-hybridized carbons (Fsp3) is 0.333. The predicted molar refractivity (Wildman–Crippen MR) is 111 cm³/mol. The normalized spacial score (nSPS) is 12.3. The van der Waals surface area contributed by atoms with Crippen LogP contribution in [-0.2, 0) is 23.1 Å². The van der Waals surface area contributed by atoms with Gasteiger partial charge in [-0.05, 0) is 31.5 Å². The van der Waals surface area contributed by atoms with Gasteiger partial charge >= 0.3 is 11.7 Å².